The number of hydrogen-bond donors (Lipinski definition) is 3. The van der Waals surface area contributed by atoms with Gasteiger partial charge in [0.25, 0.3) is 0 Å². The Labute approximate surface area is 256 Å². The lowest BCUT2D eigenvalue weighted by molar-refractivity contribution is -0.139. The van der Waals surface area contributed by atoms with E-state index in [1.807, 2.05) is 60.7 Å². The standard InChI is InChI=1S/C35H34N2O7/c1-23-28(6-3-7-31(23)26-9-11-32-34(15-26)42-13-12-41-32)22-43-30-10-8-27(19-37-20-29(38)16-35(39)40)33(17-30)44-21-25-5-2-4-24(14-25)18-36/h2-11,14-15,17,29,37-38H,12-13,16,19-22H2,1H3,(H,39,40). The van der Waals surface area contributed by atoms with Crippen LogP contribution < -0.4 is 24.3 Å². The first-order chi connectivity index (χ1) is 21.4. The number of carboxylic acid groups (broad SMARTS) is 1. The molecule has 0 amide bonds. The summed E-state index contributed by atoms with van der Waals surface area (Å²) in [5, 5.41) is 31.2. The second-order valence-electron chi connectivity index (χ2n) is 10.5. The number of benzene rings is 4. The van der Waals surface area contributed by atoms with Crippen LogP contribution in [-0.2, 0) is 24.6 Å². The van der Waals surface area contributed by atoms with Crippen LogP contribution in [-0.4, -0.2) is 42.0 Å². The Bertz CT molecular complexity index is 1660. The third-order valence-electron chi connectivity index (χ3n) is 7.29. The van der Waals surface area contributed by atoms with E-state index in [0.717, 1.165) is 44.9 Å². The SMILES string of the molecule is Cc1c(COc2ccc(CNCC(O)CC(=O)O)c(OCc3cccc(C#N)c3)c2)cccc1-c1ccc2c(c1)OCCO2. The summed E-state index contributed by atoms with van der Waals surface area (Å²) in [6, 6.07) is 27.0. The van der Waals surface area contributed by atoms with Crippen LogP contribution in [0.15, 0.2) is 78.9 Å². The Balaban J connectivity index is 1.31. The lowest BCUT2D eigenvalue weighted by Gasteiger charge is -2.20. The number of hydrogen-bond acceptors (Lipinski definition) is 8. The van der Waals surface area contributed by atoms with Gasteiger partial charge in [0.1, 0.15) is 37.9 Å². The number of carbonyl (C=O) groups is 1. The smallest absolute Gasteiger partial charge is 0.306 e. The van der Waals surface area contributed by atoms with Gasteiger partial charge in [-0.05, 0) is 65.1 Å². The summed E-state index contributed by atoms with van der Waals surface area (Å²) in [7, 11) is 0. The number of nitrogens with one attached hydrogen (secondary N) is 1. The normalized spacial score (nSPS) is 12.7. The fraction of sp³-hybridized carbons (Fsp3) is 0.257. The highest BCUT2D eigenvalue weighted by Crippen LogP contribution is 2.36. The van der Waals surface area contributed by atoms with Crippen LogP contribution in [0.2, 0.25) is 0 Å². The zero-order valence-corrected chi connectivity index (χ0v) is 24.4. The molecule has 226 valence electrons. The highest BCUT2D eigenvalue weighted by molar-refractivity contribution is 5.71. The van der Waals surface area contributed by atoms with Gasteiger partial charge < -0.3 is 34.5 Å². The first-order valence-electron chi connectivity index (χ1n) is 14.4. The average molecular weight is 595 g/mol. The van der Waals surface area contributed by atoms with Crippen molar-refractivity contribution in [1.82, 2.24) is 5.32 Å². The molecular weight excluding hydrogens is 560 g/mol. The van der Waals surface area contributed by atoms with E-state index in [1.165, 1.54) is 0 Å². The molecule has 0 aliphatic carbocycles. The first-order valence-corrected chi connectivity index (χ1v) is 14.4. The molecule has 0 fully saturated rings. The Hall–Kier alpha value is -5.04. The minimum absolute atomic E-state index is 0.118. The summed E-state index contributed by atoms with van der Waals surface area (Å²) in [6.07, 6.45) is -1.34. The largest absolute Gasteiger partial charge is 0.489 e. The van der Waals surface area contributed by atoms with Crippen LogP contribution in [0.25, 0.3) is 11.1 Å². The van der Waals surface area contributed by atoms with Crippen molar-refractivity contribution in [2.24, 2.45) is 0 Å². The van der Waals surface area contributed by atoms with Crippen molar-refractivity contribution < 1.29 is 34.0 Å². The molecule has 0 saturated carbocycles. The number of carboxylic acids is 1. The number of rotatable bonds is 13. The van der Waals surface area contributed by atoms with Crippen LogP contribution in [0.3, 0.4) is 0 Å². The summed E-state index contributed by atoms with van der Waals surface area (Å²) in [6.45, 7) is 4.20. The van der Waals surface area contributed by atoms with Gasteiger partial charge in [-0.1, -0.05) is 42.5 Å². The summed E-state index contributed by atoms with van der Waals surface area (Å²) >= 11 is 0. The minimum Gasteiger partial charge on any atom is -0.489 e. The van der Waals surface area contributed by atoms with E-state index in [9.17, 15) is 15.2 Å². The van der Waals surface area contributed by atoms with Gasteiger partial charge in [0.15, 0.2) is 11.5 Å². The number of aliphatic carboxylic acids is 1. The fourth-order valence-electron chi connectivity index (χ4n) is 4.97. The van der Waals surface area contributed by atoms with Crippen molar-refractivity contribution in [1.29, 1.82) is 5.26 Å². The third kappa shape index (κ3) is 7.86. The van der Waals surface area contributed by atoms with Gasteiger partial charge in [0, 0.05) is 24.7 Å². The van der Waals surface area contributed by atoms with E-state index in [2.05, 4.69) is 24.4 Å². The third-order valence-corrected chi connectivity index (χ3v) is 7.29. The van der Waals surface area contributed by atoms with Crippen molar-refractivity contribution in [3.8, 4) is 40.2 Å². The van der Waals surface area contributed by atoms with Crippen LogP contribution in [0.5, 0.6) is 23.0 Å². The Kier molecular flexibility index (Phi) is 9.97. The maximum Gasteiger partial charge on any atom is 0.306 e. The highest BCUT2D eigenvalue weighted by Gasteiger charge is 2.15. The lowest BCUT2D eigenvalue weighted by atomic mass is 9.96. The molecular formula is C35H34N2O7. The predicted octanol–water partition coefficient (Wildman–Crippen LogP) is 5.39. The number of nitrogens with zero attached hydrogens (tertiary/aromatic N) is 1. The number of fused-ring (bicyclic) bond motifs is 1. The van der Waals surface area contributed by atoms with Gasteiger partial charge in [-0.15, -0.1) is 0 Å². The molecule has 0 radical (unpaired) electrons. The quantitative estimate of drug-likeness (QED) is 0.187. The van der Waals surface area contributed by atoms with E-state index in [-0.39, 0.29) is 19.6 Å². The molecule has 4 aromatic rings. The molecule has 0 saturated heterocycles. The maximum atomic E-state index is 10.9. The van der Waals surface area contributed by atoms with Crippen LogP contribution in [0.1, 0.15) is 34.2 Å². The monoisotopic (exact) mass is 594 g/mol. The molecule has 5 rings (SSSR count). The molecule has 44 heavy (non-hydrogen) atoms. The number of ether oxygens (including phenoxy) is 4. The first kappa shape index (κ1) is 30.4. The van der Waals surface area contributed by atoms with Gasteiger partial charge in [0.05, 0.1) is 24.2 Å². The summed E-state index contributed by atoms with van der Waals surface area (Å²) < 4.78 is 23.9. The summed E-state index contributed by atoms with van der Waals surface area (Å²) in [4.78, 5) is 10.9. The fourth-order valence-corrected chi connectivity index (χ4v) is 4.97. The maximum absolute atomic E-state index is 10.9. The Morgan fingerprint density at radius 2 is 1.77 bits per heavy atom. The zero-order valence-electron chi connectivity index (χ0n) is 24.4. The van der Waals surface area contributed by atoms with Crippen molar-refractivity contribution in [3.05, 3.63) is 107 Å². The number of aliphatic hydroxyl groups excluding tert-OH is 1. The van der Waals surface area contributed by atoms with Crippen LogP contribution in [0, 0.1) is 18.3 Å². The van der Waals surface area contributed by atoms with Crippen LogP contribution in [0.4, 0.5) is 0 Å². The molecule has 0 spiro atoms. The van der Waals surface area contributed by atoms with E-state index in [0.29, 0.717) is 43.4 Å². The summed E-state index contributed by atoms with van der Waals surface area (Å²) in [5.41, 5.74) is 6.45. The van der Waals surface area contributed by atoms with Gasteiger partial charge in [-0.2, -0.15) is 5.26 Å². The molecule has 1 unspecified atom stereocenters. The second-order valence-corrected chi connectivity index (χ2v) is 10.5. The van der Waals surface area contributed by atoms with Gasteiger partial charge in [-0.25, -0.2) is 0 Å². The molecule has 0 aromatic heterocycles. The average Bonchev–Trinajstić information content (AvgIpc) is 3.03. The summed E-state index contributed by atoms with van der Waals surface area (Å²) in [5.74, 6) is 1.63. The Morgan fingerprint density at radius 1 is 0.955 bits per heavy atom. The van der Waals surface area contributed by atoms with Crippen molar-refractivity contribution in [2.75, 3.05) is 19.8 Å². The number of nitriles is 1. The van der Waals surface area contributed by atoms with E-state index in [4.69, 9.17) is 24.1 Å². The molecule has 1 aliphatic heterocycles. The minimum atomic E-state index is -1.06. The van der Waals surface area contributed by atoms with Crippen molar-refractivity contribution in [2.45, 2.75) is 39.2 Å². The van der Waals surface area contributed by atoms with E-state index >= 15 is 0 Å². The molecule has 3 N–H and O–H groups in total. The lowest BCUT2D eigenvalue weighted by Crippen LogP contribution is -2.28. The molecule has 4 aromatic carbocycles. The molecule has 9 heteroatoms. The highest BCUT2D eigenvalue weighted by atomic mass is 16.6. The van der Waals surface area contributed by atoms with Gasteiger partial charge >= 0.3 is 5.97 Å². The van der Waals surface area contributed by atoms with Gasteiger partial charge in [-0.3, -0.25) is 4.79 Å². The topological polar surface area (TPSA) is 130 Å². The molecule has 1 aliphatic rings. The molecule has 9 nitrogen and oxygen atoms in total. The van der Waals surface area contributed by atoms with E-state index < -0.39 is 12.1 Å². The molecule has 1 heterocycles. The van der Waals surface area contributed by atoms with E-state index in [1.54, 1.807) is 12.1 Å². The van der Waals surface area contributed by atoms with Gasteiger partial charge in [0.2, 0.25) is 0 Å². The Morgan fingerprint density at radius 3 is 2.59 bits per heavy atom. The molecule has 1 atom stereocenters. The van der Waals surface area contributed by atoms with Crippen LogP contribution >= 0.6 is 0 Å². The zero-order chi connectivity index (χ0) is 30.9. The van der Waals surface area contributed by atoms with Crippen molar-refractivity contribution in [3.63, 3.8) is 0 Å². The predicted molar refractivity (Wildman–Crippen MR) is 164 cm³/mol. The molecule has 0 bridgehead atoms. The number of aliphatic hydroxyl groups is 1. The second kappa shape index (κ2) is 14.4. The van der Waals surface area contributed by atoms with Crippen molar-refractivity contribution >= 4 is 5.97 Å².